The molecule has 11 heavy (non-hydrogen) atoms. The molecule has 0 aliphatic rings. The molecule has 4 nitrogen and oxygen atoms in total. The number of aryl methyl sites for hydroxylation is 1. The molecule has 1 aromatic rings. The molecule has 1 aromatic heterocycles. The third-order valence-corrected chi connectivity index (χ3v) is 1.77. The Morgan fingerprint density at radius 2 is 2.45 bits per heavy atom. The lowest BCUT2D eigenvalue weighted by atomic mass is 10.4. The molecule has 0 saturated heterocycles. The van der Waals surface area contributed by atoms with Gasteiger partial charge in [-0.2, -0.15) is 5.10 Å². The number of hydrogen-bond donors (Lipinski definition) is 0. The first-order valence-electron chi connectivity index (χ1n) is 2.93. The summed E-state index contributed by atoms with van der Waals surface area (Å²) < 4.78 is 6.80. The Hall–Kier alpha value is -0.590. The molecular weight excluding hydrogens is 259 g/mol. The van der Waals surface area contributed by atoms with E-state index in [1.807, 2.05) is 22.6 Å². The van der Waals surface area contributed by atoms with E-state index in [9.17, 15) is 4.79 Å². The summed E-state index contributed by atoms with van der Waals surface area (Å²) in [5, 5.41) is 3.98. The smallest absolute Gasteiger partial charge is 0.356 e. The molecule has 0 aliphatic heterocycles. The van der Waals surface area contributed by atoms with Crippen LogP contribution in [0.1, 0.15) is 10.5 Å². The Labute approximate surface area is 77.7 Å². The SMILES string of the molecule is COC(=O)c1cc(I)nn1C. The summed E-state index contributed by atoms with van der Waals surface area (Å²) in [6.45, 7) is 0. The largest absolute Gasteiger partial charge is 0.464 e. The van der Waals surface area contributed by atoms with Crippen molar-refractivity contribution in [2.45, 2.75) is 0 Å². The van der Waals surface area contributed by atoms with E-state index >= 15 is 0 Å². The van der Waals surface area contributed by atoms with Crippen molar-refractivity contribution in [3.05, 3.63) is 15.5 Å². The van der Waals surface area contributed by atoms with Crippen molar-refractivity contribution >= 4 is 28.6 Å². The standard InChI is InChI=1S/C6H7IN2O2/c1-9-4(6(10)11-2)3-5(7)8-9/h3H,1-2H3. The molecule has 1 heterocycles. The number of hydrogen-bond acceptors (Lipinski definition) is 3. The normalized spacial score (nSPS) is 9.73. The van der Waals surface area contributed by atoms with Crippen molar-refractivity contribution < 1.29 is 9.53 Å². The van der Waals surface area contributed by atoms with E-state index in [1.165, 1.54) is 11.8 Å². The van der Waals surface area contributed by atoms with Crippen molar-refractivity contribution in [3.8, 4) is 0 Å². The number of rotatable bonds is 1. The number of aromatic nitrogens is 2. The van der Waals surface area contributed by atoms with Crippen LogP contribution in [0.5, 0.6) is 0 Å². The minimum absolute atomic E-state index is 0.358. The van der Waals surface area contributed by atoms with Crippen molar-refractivity contribution in [2.24, 2.45) is 7.05 Å². The first-order valence-corrected chi connectivity index (χ1v) is 4.01. The van der Waals surface area contributed by atoms with Gasteiger partial charge in [0.1, 0.15) is 9.39 Å². The van der Waals surface area contributed by atoms with E-state index in [0.717, 1.165) is 3.70 Å². The average Bonchev–Trinajstić information content (AvgIpc) is 2.28. The number of nitrogens with zero attached hydrogens (tertiary/aromatic N) is 2. The summed E-state index contributed by atoms with van der Waals surface area (Å²) in [5.41, 5.74) is 0.469. The van der Waals surface area contributed by atoms with Crippen molar-refractivity contribution in [1.82, 2.24) is 9.78 Å². The second-order valence-electron chi connectivity index (χ2n) is 1.97. The maximum atomic E-state index is 11.0. The highest BCUT2D eigenvalue weighted by atomic mass is 127. The third kappa shape index (κ3) is 1.70. The van der Waals surface area contributed by atoms with Crippen LogP contribution in [-0.2, 0) is 11.8 Å². The van der Waals surface area contributed by atoms with Crippen LogP contribution in [0.15, 0.2) is 6.07 Å². The Bertz CT molecular complexity index is 282. The first-order chi connectivity index (χ1) is 5.15. The van der Waals surface area contributed by atoms with Crippen LogP contribution in [0, 0.1) is 3.70 Å². The van der Waals surface area contributed by atoms with Gasteiger partial charge in [0.15, 0.2) is 0 Å². The fourth-order valence-corrected chi connectivity index (χ4v) is 1.35. The van der Waals surface area contributed by atoms with E-state index in [-0.39, 0.29) is 5.97 Å². The summed E-state index contributed by atoms with van der Waals surface area (Å²) in [5.74, 6) is -0.358. The van der Waals surface area contributed by atoms with E-state index in [1.54, 1.807) is 13.1 Å². The lowest BCUT2D eigenvalue weighted by Crippen LogP contribution is -2.07. The van der Waals surface area contributed by atoms with Gasteiger partial charge in [-0.25, -0.2) is 4.79 Å². The molecule has 0 fully saturated rings. The highest BCUT2D eigenvalue weighted by Gasteiger charge is 2.11. The van der Waals surface area contributed by atoms with Crippen molar-refractivity contribution in [1.29, 1.82) is 0 Å². The molecule has 0 aromatic carbocycles. The molecule has 0 saturated carbocycles. The molecule has 0 spiro atoms. The molecule has 0 bridgehead atoms. The van der Waals surface area contributed by atoms with Gasteiger partial charge in [0.2, 0.25) is 0 Å². The highest BCUT2D eigenvalue weighted by molar-refractivity contribution is 14.1. The fourth-order valence-electron chi connectivity index (χ4n) is 0.728. The molecule has 0 atom stereocenters. The zero-order valence-electron chi connectivity index (χ0n) is 6.17. The predicted molar refractivity (Wildman–Crippen MR) is 47.3 cm³/mol. The van der Waals surface area contributed by atoms with Gasteiger partial charge in [0.05, 0.1) is 7.11 Å². The minimum atomic E-state index is -0.358. The molecule has 0 amide bonds. The summed E-state index contributed by atoms with van der Waals surface area (Å²) in [4.78, 5) is 11.0. The lowest BCUT2D eigenvalue weighted by Gasteiger charge is -1.96. The lowest BCUT2D eigenvalue weighted by molar-refractivity contribution is 0.0588. The molecular formula is C6H7IN2O2. The molecule has 0 aliphatic carbocycles. The van der Waals surface area contributed by atoms with Crippen LogP contribution in [-0.4, -0.2) is 22.9 Å². The van der Waals surface area contributed by atoms with E-state index in [0.29, 0.717) is 5.69 Å². The maximum absolute atomic E-state index is 11.0. The zero-order chi connectivity index (χ0) is 8.43. The number of halogens is 1. The van der Waals surface area contributed by atoms with Crippen LogP contribution in [0.25, 0.3) is 0 Å². The van der Waals surface area contributed by atoms with Gasteiger partial charge >= 0.3 is 5.97 Å². The number of carbonyl (C=O) groups is 1. The van der Waals surface area contributed by atoms with E-state index in [4.69, 9.17) is 0 Å². The van der Waals surface area contributed by atoms with Gasteiger partial charge in [0.25, 0.3) is 0 Å². The molecule has 0 unspecified atom stereocenters. The monoisotopic (exact) mass is 266 g/mol. The van der Waals surface area contributed by atoms with Gasteiger partial charge < -0.3 is 4.74 Å². The van der Waals surface area contributed by atoms with Gasteiger partial charge in [-0.3, -0.25) is 4.68 Å². The van der Waals surface area contributed by atoms with Gasteiger partial charge in [-0.05, 0) is 22.6 Å². The fraction of sp³-hybridized carbons (Fsp3) is 0.333. The van der Waals surface area contributed by atoms with Gasteiger partial charge in [-0.1, -0.05) is 0 Å². The zero-order valence-corrected chi connectivity index (χ0v) is 8.32. The first kappa shape index (κ1) is 8.51. The number of carbonyl (C=O) groups excluding carboxylic acids is 1. The van der Waals surface area contributed by atoms with Crippen LogP contribution in [0.4, 0.5) is 0 Å². The third-order valence-electron chi connectivity index (χ3n) is 1.24. The number of esters is 1. The van der Waals surface area contributed by atoms with Crippen molar-refractivity contribution in [3.63, 3.8) is 0 Å². The average molecular weight is 266 g/mol. The van der Waals surface area contributed by atoms with Gasteiger partial charge in [-0.15, -0.1) is 0 Å². The Morgan fingerprint density at radius 1 is 1.82 bits per heavy atom. The summed E-state index contributed by atoms with van der Waals surface area (Å²) in [6, 6.07) is 1.67. The minimum Gasteiger partial charge on any atom is -0.464 e. The van der Waals surface area contributed by atoms with Crippen molar-refractivity contribution in [2.75, 3.05) is 7.11 Å². The van der Waals surface area contributed by atoms with Gasteiger partial charge in [0, 0.05) is 13.1 Å². The van der Waals surface area contributed by atoms with Crippen LogP contribution in [0.3, 0.4) is 0 Å². The second-order valence-corrected chi connectivity index (χ2v) is 3.07. The Morgan fingerprint density at radius 3 is 2.82 bits per heavy atom. The molecule has 1 rings (SSSR count). The summed E-state index contributed by atoms with van der Waals surface area (Å²) in [6.07, 6.45) is 0. The quantitative estimate of drug-likeness (QED) is 0.558. The number of ether oxygens (including phenoxy) is 1. The Kier molecular flexibility index (Phi) is 2.48. The van der Waals surface area contributed by atoms with E-state index < -0.39 is 0 Å². The van der Waals surface area contributed by atoms with Crippen LogP contribution < -0.4 is 0 Å². The maximum Gasteiger partial charge on any atom is 0.356 e. The molecule has 60 valence electrons. The molecule has 5 heteroatoms. The van der Waals surface area contributed by atoms with E-state index in [2.05, 4.69) is 9.84 Å². The second kappa shape index (κ2) is 3.21. The summed E-state index contributed by atoms with van der Waals surface area (Å²) in [7, 11) is 3.05. The van der Waals surface area contributed by atoms with Crippen LogP contribution >= 0.6 is 22.6 Å². The topological polar surface area (TPSA) is 44.1 Å². The predicted octanol–water partition coefficient (Wildman–Crippen LogP) is 0.811. The van der Waals surface area contributed by atoms with Crippen LogP contribution in [0.2, 0.25) is 0 Å². The molecule has 0 radical (unpaired) electrons. The number of methoxy groups -OCH3 is 1. The summed E-state index contributed by atoms with van der Waals surface area (Å²) >= 11 is 2.04. The molecule has 0 N–H and O–H groups in total. The highest BCUT2D eigenvalue weighted by Crippen LogP contribution is 2.06. The Balaban J connectivity index is 3.03.